The molecular weight excluding hydrogens is 318 g/mol. The van der Waals surface area contributed by atoms with Gasteiger partial charge in [-0.25, -0.2) is 0 Å². The summed E-state index contributed by atoms with van der Waals surface area (Å²) in [5.41, 5.74) is 2.36. The lowest BCUT2D eigenvalue weighted by atomic mass is 10.1. The Kier molecular flexibility index (Phi) is 5.19. The summed E-state index contributed by atoms with van der Waals surface area (Å²) in [5.74, 6) is -0.248. The second-order valence-electron chi connectivity index (χ2n) is 6.25. The third-order valence-corrected chi connectivity index (χ3v) is 4.48. The zero-order chi connectivity index (χ0) is 17.8. The molecule has 0 saturated carbocycles. The summed E-state index contributed by atoms with van der Waals surface area (Å²) in [5, 5.41) is 2.94. The quantitative estimate of drug-likeness (QED) is 0.920. The fourth-order valence-electron chi connectivity index (χ4n) is 2.85. The van der Waals surface area contributed by atoms with Gasteiger partial charge in [-0.15, -0.1) is 0 Å². The number of anilines is 1. The van der Waals surface area contributed by atoms with Crippen molar-refractivity contribution >= 4 is 11.6 Å². The van der Waals surface area contributed by atoms with E-state index in [9.17, 15) is 9.59 Å². The molecule has 2 aromatic rings. The van der Waals surface area contributed by atoms with E-state index in [0.717, 1.165) is 37.6 Å². The summed E-state index contributed by atoms with van der Waals surface area (Å²) in [6.07, 6.45) is 1.60. The van der Waals surface area contributed by atoms with Crippen LogP contribution in [-0.4, -0.2) is 36.8 Å². The number of amides is 1. The van der Waals surface area contributed by atoms with E-state index in [1.807, 2.05) is 19.1 Å². The second-order valence-corrected chi connectivity index (χ2v) is 6.25. The zero-order valence-electron chi connectivity index (χ0n) is 14.6. The molecule has 6 heteroatoms. The minimum atomic E-state index is -0.248. The number of ether oxygens (including phenoxy) is 1. The van der Waals surface area contributed by atoms with Gasteiger partial charge in [0.25, 0.3) is 11.5 Å². The summed E-state index contributed by atoms with van der Waals surface area (Å²) < 4.78 is 6.81. The van der Waals surface area contributed by atoms with Gasteiger partial charge in [0.2, 0.25) is 0 Å². The van der Waals surface area contributed by atoms with E-state index in [-0.39, 0.29) is 17.5 Å². The number of benzene rings is 1. The zero-order valence-corrected chi connectivity index (χ0v) is 14.6. The van der Waals surface area contributed by atoms with Crippen molar-refractivity contribution in [2.75, 3.05) is 31.2 Å². The maximum Gasteiger partial charge on any atom is 0.252 e. The first-order chi connectivity index (χ1) is 12.0. The molecule has 1 atom stereocenters. The van der Waals surface area contributed by atoms with Crippen LogP contribution < -0.4 is 15.8 Å². The van der Waals surface area contributed by atoms with Crippen molar-refractivity contribution < 1.29 is 9.53 Å². The number of hydrogen-bond acceptors (Lipinski definition) is 4. The van der Waals surface area contributed by atoms with E-state index in [1.54, 1.807) is 19.3 Å². The van der Waals surface area contributed by atoms with Crippen LogP contribution in [0.25, 0.3) is 0 Å². The van der Waals surface area contributed by atoms with Gasteiger partial charge in [-0.2, -0.15) is 0 Å². The lowest BCUT2D eigenvalue weighted by molar-refractivity contribution is 0.0939. The number of nitrogens with zero attached hydrogens (tertiary/aromatic N) is 2. The number of rotatable bonds is 4. The fourth-order valence-corrected chi connectivity index (χ4v) is 2.85. The summed E-state index contributed by atoms with van der Waals surface area (Å²) in [4.78, 5) is 26.3. The molecule has 0 bridgehead atoms. The van der Waals surface area contributed by atoms with Gasteiger partial charge in [0, 0.05) is 43.7 Å². The van der Waals surface area contributed by atoms with Crippen LogP contribution in [0.1, 0.15) is 28.9 Å². The molecule has 1 aliphatic rings. The Balaban J connectivity index is 1.66. The van der Waals surface area contributed by atoms with Gasteiger partial charge in [0.1, 0.15) is 0 Å². The summed E-state index contributed by atoms with van der Waals surface area (Å²) in [6.45, 7) is 5.24. The predicted octanol–water partition coefficient (Wildman–Crippen LogP) is 1.71. The number of aromatic nitrogens is 1. The standard InChI is InChI=1S/C19H23N3O3/c1-14(20-19(24)16-7-8-21(2)18(23)13-16)15-3-5-17(6-4-15)22-9-11-25-12-10-22/h3-8,13-14H,9-12H2,1-2H3,(H,20,24). The van der Waals surface area contributed by atoms with E-state index in [2.05, 4.69) is 22.3 Å². The minimum Gasteiger partial charge on any atom is -0.378 e. The third kappa shape index (κ3) is 4.09. The van der Waals surface area contributed by atoms with Crippen molar-refractivity contribution in [3.8, 4) is 0 Å². The molecule has 0 radical (unpaired) electrons. The Labute approximate surface area is 147 Å². The first-order valence-electron chi connectivity index (χ1n) is 8.45. The number of morpholine rings is 1. The van der Waals surface area contributed by atoms with Crippen molar-refractivity contribution in [1.82, 2.24) is 9.88 Å². The molecule has 3 rings (SSSR count). The Bertz CT molecular complexity index is 792. The van der Waals surface area contributed by atoms with Gasteiger partial charge in [0.15, 0.2) is 0 Å². The van der Waals surface area contributed by atoms with Gasteiger partial charge in [-0.3, -0.25) is 9.59 Å². The van der Waals surface area contributed by atoms with E-state index in [4.69, 9.17) is 4.74 Å². The Hall–Kier alpha value is -2.60. The first kappa shape index (κ1) is 17.2. The largest absolute Gasteiger partial charge is 0.378 e. The van der Waals surface area contributed by atoms with Crippen LogP contribution >= 0.6 is 0 Å². The van der Waals surface area contributed by atoms with Crippen LogP contribution in [0.5, 0.6) is 0 Å². The fraction of sp³-hybridized carbons (Fsp3) is 0.368. The summed E-state index contributed by atoms with van der Waals surface area (Å²) >= 11 is 0. The number of hydrogen-bond donors (Lipinski definition) is 1. The average Bonchev–Trinajstić information content (AvgIpc) is 2.64. The molecule has 1 aromatic carbocycles. The van der Waals surface area contributed by atoms with Crippen molar-refractivity contribution in [1.29, 1.82) is 0 Å². The van der Waals surface area contributed by atoms with Crippen molar-refractivity contribution in [3.63, 3.8) is 0 Å². The van der Waals surface area contributed by atoms with E-state index >= 15 is 0 Å². The van der Waals surface area contributed by atoms with Gasteiger partial charge < -0.3 is 19.5 Å². The monoisotopic (exact) mass is 341 g/mol. The van der Waals surface area contributed by atoms with Crippen molar-refractivity contribution in [2.45, 2.75) is 13.0 Å². The van der Waals surface area contributed by atoms with Crippen LogP contribution in [0.3, 0.4) is 0 Å². The number of carbonyl (C=O) groups is 1. The smallest absolute Gasteiger partial charge is 0.252 e. The van der Waals surface area contributed by atoms with E-state index in [1.165, 1.54) is 10.6 Å². The lowest BCUT2D eigenvalue weighted by Gasteiger charge is -2.29. The molecule has 0 spiro atoms. The Morgan fingerprint density at radius 2 is 1.84 bits per heavy atom. The Morgan fingerprint density at radius 1 is 1.16 bits per heavy atom. The lowest BCUT2D eigenvalue weighted by Crippen LogP contribution is -2.36. The maximum absolute atomic E-state index is 12.3. The number of aryl methyl sites for hydroxylation is 1. The molecule has 0 aliphatic carbocycles. The summed E-state index contributed by atoms with van der Waals surface area (Å²) in [7, 11) is 1.66. The molecule has 1 N–H and O–H groups in total. The molecule has 1 amide bonds. The van der Waals surface area contributed by atoms with Gasteiger partial charge in [-0.05, 0) is 30.7 Å². The molecule has 2 heterocycles. The van der Waals surface area contributed by atoms with Crippen LogP contribution in [-0.2, 0) is 11.8 Å². The van der Waals surface area contributed by atoms with Crippen LogP contribution in [0.4, 0.5) is 5.69 Å². The maximum atomic E-state index is 12.3. The van der Waals surface area contributed by atoms with Gasteiger partial charge >= 0.3 is 0 Å². The highest BCUT2D eigenvalue weighted by atomic mass is 16.5. The SMILES string of the molecule is CC(NC(=O)c1ccn(C)c(=O)c1)c1ccc(N2CCOCC2)cc1. The topological polar surface area (TPSA) is 63.6 Å². The summed E-state index contributed by atoms with van der Waals surface area (Å²) in [6, 6.07) is 11.0. The van der Waals surface area contributed by atoms with E-state index < -0.39 is 0 Å². The molecule has 25 heavy (non-hydrogen) atoms. The molecule has 1 saturated heterocycles. The minimum absolute atomic E-state index is 0.143. The second kappa shape index (κ2) is 7.53. The van der Waals surface area contributed by atoms with Gasteiger partial charge in [-0.1, -0.05) is 12.1 Å². The van der Waals surface area contributed by atoms with Crippen LogP contribution in [0, 0.1) is 0 Å². The molecular formula is C19H23N3O3. The predicted molar refractivity (Wildman–Crippen MR) is 97.0 cm³/mol. The highest BCUT2D eigenvalue weighted by molar-refractivity contribution is 5.94. The normalized spacial score (nSPS) is 15.7. The third-order valence-electron chi connectivity index (χ3n) is 4.48. The number of carbonyl (C=O) groups excluding carboxylic acids is 1. The highest BCUT2D eigenvalue weighted by Gasteiger charge is 2.14. The molecule has 1 aromatic heterocycles. The van der Waals surface area contributed by atoms with Crippen LogP contribution in [0.2, 0.25) is 0 Å². The van der Waals surface area contributed by atoms with Crippen LogP contribution in [0.15, 0.2) is 47.4 Å². The highest BCUT2D eigenvalue weighted by Crippen LogP contribution is 2.20. The van der Waals surface area contributed by atoms with Gasteiger partial charge in [0.05, 0.1) is 19.3 Å². The first-order valence-corrected chi connectivity index (χ1v) is 8.45. The van der Waals surface area contributed by atoms with E-state index in [0.29, 0.717) is 5.56 Å². The molecule has 1 unspecified atom stereocenters. The average molecular weight is 341 g/mol. The molecule has 1 fully saturated rings. The molecule has 1 aliphatic heterocycles. The van der Waals surface area contributed by atoms with Crippen molar-refractivity contribution in [2.24, 2.45) is 7.05 Å². The molecule has 6 nitrogen and oxygen atoms in total. The Morgan fingerprint density at radius 3 is 2.48 bits per heavy atom. The molecule has 132 valence electrons. The number of nitrogens with one attached hydrogen (secondary N) is 1. The number of pyridine rings is 1. The van der Waals surface area contributed by atoms with Crippen molar-refractivity contribution in [3.05, 3.63) is 64.1 Å².